The van der Waals surface area contributed by atoms with Crippen LogP contribution in [0, 0.1) is 11.6 Å². The molecule has 0 aliphatic rings. The number of carbonyl (C=O) groups is 1. The molecule has 0 aliphatic carbocycles. The monoisotopic (exact) mass is 185 g/mol. The maximum Gasteiger partial charge on any atom is 0.132 e. The van der Waals surface area contributed by atoms with Gasteiger partial charge in [-0.3, -0.25) is 0 Å². The lowest BCUT2D eigenvalue weighted by Gasteiger charge is -2.07. The second-order valence-electron chi connectivity index (χ2n) is 2.82. The van der Waals surface area contributed by atoms with Crippen LogP contribution in [0.4, 0.5) is 14.5 Å². The first-order chi connectivity index (χ1) is 6.06. The molecule has 0 saturated carbocycles. The van der Waals surface area contributed by atoms with Gasteiger partial charge in [-0.2, -0.15) is 0 Å². The van der Waals surface area contributed by atoms with Gasteiger partial charge in [0.25, 0.3) is 0 Å². The second-order valence-corrected chi connectivity index (χ2v) is 2.82. The molecule has 1 aromatic rings. The number of nitrogen functional groups attached to an aromatic ring is 1. The summed E-state index contributed by atoms with van der Waals surface area (Å²) in [4.78, 5) is 10.3. The Morgan fingerprint density at radius 3 is 2.23 bits per heavy atom. The molecule has 0 amide bonds. The van der Waals surface area contributed by atoms with E-state index >= 15 is 0 Å². The summed E-state index contributed by atoms with van der Waals surface area (Å²) in [6.45, 7) is 1.42. The highest BCUT2D eigenvalue weighted by Gasteiger charge is 2.15. The average molecular weight is 185 g/mol. The van der Waals surface area contributed by atoms with Crippen molar-refractivity contribution in [3.63, 3.8) is 0 Å². The number of nitrogens with two attached hydrogens (primary N) is 1. The molecule has 70 valence electrons. The molecule has 4 heteroatoms. The summed E-state index contributed by atoms with van der Waals surface area (Å²) >= 11 is 0. The number of aldehydes is 1. The molecule has 0 aromatic heterocycles. The fraction of sp³-hybridized carbons (Fsp3) is 0.222. The van der Waals surface area contributed by atoms with Gasteiger partial charge in [0.05, 0.1) is 0 Å². The smallest absolute Gasteiger partial charge is 0.132 e. The third kappa shape index (κ3) is 1.83. The van der Waals surface area contributed by atoms with Gasteiger partial charge in [-0.1, -0.05) is 6.92 Å². The average Bonchev–Trinajstić information content (AvgIpc) is 2.02. The lowest BCUT2D eigenvalue weighted by atomic mass is 10.0. The molecule has 0 heterocycles. The van der Waals surface area contributed by atoms with Gasteiger partial charge in [0.1, 0.15) is 17.9 Å². The lowest BCUT2D eigenvalue weighted by Crippen LogP contribution is -2.03. The number of anilines is 1. The quantitative estimate of drug-likeness (QED) is 0.564. The molecule has 1 rings (SSSR count). The van der Waals surface area contributed by atoms with E-state index in [2.05, 4.69) is 0 Å². The van der Waals surface area contributed by atoms with Gasteiger partial charge in [0.15, 0.2) is 0 Å². The number of hydrogen-bond donors (Lipinski definition) is 1. The Balaban J connectivity index is 3.28. The van der Waals surface area contributed by atoms with E-state index in [0.29, 0.717) is 6.29 Å². The van der Waals surface area contributed by atoms with Crippen LogP contribution in [0.3, 0.4) is 0 Å². The van der Waals surface area contributed by atoms with Crippen LogP contribution in [0.15, 0.2) is 12.1 Å². The van der Waals surface area contributed by atoms with E-state index in [1.165, 1.54) is 6.92 Å². The molecule has 0 aliphatic heterocycles. The normalized spacial score (nSPS) is 12.5. The summed E-state index contributed by atoms with van der Waals surface area (Å²) in [7, 11) is 0. The van der Waals surface area contributed by atoms with Crippen molar-refractivity contribution in [2.24, 2.45) is 0 Å². The Bertz CT molecular complexity index is 315. The molecule has 1 unspecified atom stereocenters. The molecule has 2 nitrogen and oxygen atoms in total. The van der Waals surface area contributed by atoms with Gasteiger partial charge < -0.3 is 10.5 Å². The molecule has 0 saturated heterocycles. The van der Waals surface area contributed by atoms with Gasteiger partial charge in [0.2, 0.25) is 0 Å². The summed E-state index contributed by atoms with van der Waals surface area (Å²) in [5, 5.41) is 0. The number of halogens is 2. The minimum Gasteiger partial charge on any atom is -0.399 e. The van der Waals surface area contributed by atoms with Gasteiger partial charge in [-0.25, -0.2) is 8.78 Å². The predicted molar refractivity (Wildman–Crippen MR) is 45.2 cm³/mol. The fourth-order valence-electron chi connectivity index (χ4n) is 1.11. The minimum atomic E-state index is -0.791. The van der Waals surface area contributed by atoms with Crippen LogP contribution in [0.25, 0.3) is 0 Å². The fourth-order valence-corrected chi connectivity index (χ4v) is 1.11. The van der Waals surface area contributed by atoms with Crippen molar-refractivity contribution >= 4 is 12.0 Å². The summed E-state index contributed by atoms with van der Waals surface area (Å²) in [5.74, 6) is -2.35. The van der Waals surface area contributed by atoms with Crippen LogP contribution in [0.1, 0.15) is 18.4 Å². The van der Waals surface area contributed by atoms with E-state index in [0.717, 1.165) is 12.1 Å². The van der Waals surface area contributed by atoms with Crippen LogP contribution in [-0.2, 0) is 4.79 Å². The first-order valence-corrected chi connectivity index (χ1v) is 3.76. The summed E-state index contributed by atoms with van der Waals surface area (Å²) in [5.41, 5.74) is 4.98. The number of benzene rings is 1. The molecule has 0 radical (unpaired) electrons. The lowest BCUT2D eigenvalue weighted by molar-refractivity contribution is -0.108. The van der Waals surface area contributed by atoms with E-state index in [4.69, 9.17) is 5.73 Å². The summed E-state index contributed by atoms with van der Waals surface area (Å²) in [6.07, 6.45) is 0.484. The zero-order valence-corrected chi connectivity index (χ0v) is 7.05. The molecule has 2 N–H and O–H groups in total. The zero-order chi connectivity index (χ0) is 10.0. The van der Waals surface area contributed by atoms with Gasteiger partial charge in [-0.05, 0) is 12.1 Å². The topological polar surface area (TPSA) is 43.1 Å². The van der Waals surface area contributed by atoms with E-state index < -0.39 is 17.6 Å². The molecule has 1 atom stereocenters. The Hall–Kier alpha value is -1.45. The molecule has 13 heavy (non-hydrogen) atoms. The summed E-state index contributed by atoms with van der Waals surface area (Å²) in [6, 6.07) is 2.00. The van der Waals surface area contributed by atoms with Crippen LogP contribution in [0.2, 0.25) is 0 Å². The highest BCUT2D eigenvalue weighted by molar-refractivity contribution is 5.62. The molecular formula is C9H9F2NO. The Morgan fingerprint density at radius 2 is 1.85 bits per heavy atom. The predicted octanol–water partition coefficient (Wildman–Crippen LogP) is 1.85. The van der Waals surface area contributed by atoms with Crippen molar-refractivity contribution in [2.75, 3.05) is 5.73 Å². The largest absolute Gasteiger partial charge is 0.399 e. The number of hydrogen-bond acceptors (Lipinski definition) is 2. The van der Waals surface area contributed by atoms with E-state index in [1.807, 2.05) is 0 Å². The van der Waals surface area contributed by atoms with E-state index in [-0.39, 0.29) is 11.3 Å². The van der Waals surface area contributed by atoms with Crippen LogP contribution < -0.4 is 5.73 Å². The Morgan fingerprint density at radius 1 is 1.38 bits per heavy atom. The first-order valence-electron chi connectivity index (χ1n) is 3.76. The zero-order valence-electron chi connectivity index (χ0n) is 7.05. The maximum atomic E-state index is 13.1. The van der Waals surface area contributed by atoms with Crippen molar-refractivity contribution < 1.29 is 13.6 Å². The number of carbonyl (C=O) groups excluding carboxylic acids is 1. The Kier molecular flexibility index (Phi) is 2.60. The van der Waals surface area contributed by atoms with Gasteiger partial charge in [0, 0.05) is 17.2 Å². The highest BCUT2D eigenvalue weighted by atomic mass is 19.1. The van der Waals surface area contributed by atoms with Crippen molar-refractivity contribution in [3.05, 3.63) is 29.3 Å². The SMILES string of the molecule is CC(C=O)c1c(F)cc(N)cc1F. The Labute approximate surface area is 74.4 Å². The molecular weight excluding hydrogens is 176 g/mol. The molecule has 0 fully saturated rings. The summed E-state index contributed by atoms with van der Waals surface area (Å²) < 4.78 is 26.1. The van der Waals surface area contributed by atoms with Crippen LogP contribution in [0.5, 0.6) is 0 Å². The first kappa shape index (κ1) is 9.64. The van der Waals surface area contributed by atoms with Crippen molar-refractivity contribution in [1.29, 1.82) is 0 Å². The third-order valence-electron chi connectivity index (χ3n) is 1.76. The van der Waals surface area contributed by atoms with Crippen molar-refractivity contribution in [1.82, 2.24) is 0 Å². The van der Waals surface area contributed by atoms with Crippen molar-refractivity contribution in [2.45, 2.75) is 12.8 Å². The molecule has 0 bridgehead atoms. The van der Waals surface area contributed by atoms with E-state index in [9.17, 15) is 13.6 Å². The van der Waals surface area contributed by atoms with Crippen LogP contribution in [-0.4, -0.2) is 6.29 Å². The third-order valence-corrected chi connectivity index (χ3v) is 1.76. The van der Waals surface area contributed by atoms with Crippen LogP contribution >= 0.6 is 0 Å². The van der Waals surface area contributed by atoms with E-state index in [1.54, 1.807) is 0 Å². The molecule has 1 aromatic carbocycles. The van der Waals surface area contributed by atoms with Gasteiger partial charge in [-0.15, -0.1) is 0 Å². The number of rotatable bonds is 2. The highest BCUT2D eigenvalue weighted by Crippen LogP contribution is 2.23. The maximum absolute atomic E-state index is 13.1. The van der Waals surface area contributed by atoms with Crippen molar-refractivity contribution in [3.8, 4) is 0 Å². The second kappa shape index (κ2) is 3.51. The molecule has 0 spiro atoms. The van der Waals surface area contributed by atoms with Gasteiger partial charge >= 0.3 is 0 Å². The standard InChI is InChI=1S/C9H9F2NO/c1-5(4-13)9-7(10)2-6(12)3-8(9)11/h2-5H,12H2,1H3. The minimum absolute atomic E-state index is 0.0110.